The van der Waals surface area contributed by atoms with Crippen LogP contribution in [0.3, 0.4) is 0 Å². The van der Waals surface area contributed by atoms with Crippen molar-refractivity contribution in [1.82, 2.24) is 19.8 Å². The molecule has 2 aliphatic heterocycles. The zero-order chi connectivity index (χ0) is 23.3. The van der Waals surface area contributed by atoms with Gasteiger partial charge in [-0.1, -0.05) is 0 Å². The molecule has 0 bridgehead atoms. The highest BCUT2D eigenvalue weighted by Gasteiger charge is 2.36. The highest BCUT2D eigenvalue weighted by molar-refractivity contribution is 5.97. The first kappa shape index (κ1) is 21.7. The van der Waals surface area contributed by atoms with Crippen molar-refractivity contribution < 1.29 is 23.1 Å². The molecule has 0 spiro atoms. The number of carbonyl (C=O) groups is 1. The number of halogens is 3. The average Bonchev–Trinajstić information content (AvgIpc) is 2.76. The van der Waals surface area contributed by atoms with Gasteiger partial charge in [0, 0.05) is 56.9 Å². The number of benzene rings is 1. The maximum Gasteiger partial charge on any atom is 0.341 e. The average molecular weight is 461 g/mol. The molecule has 0 aliphatic carbocycles. The number of carboxylic acids is 1. The molecule has 0 atom stereocenters. The molecular formula is C22H22F3N5O3. The molecule has 1 aromatic carbocycles. The lowest BCUT2D eigenvalue weighted by Gasteiger charge is -2.48. The number of nitrogens with zero attached hydrogens (tertiary/aromatic N) is 4. The van der Waals surface area contributed by atoms with E-state index in [-0.39, 0.29) is 40.2 Å². The van der Waals surface area contributed by atoms with E-state index in [4.69, 9.17) is 0 Å². The number of hydrogen-bond donors (Lipinski definition) is 2. The van der Waals surface area contributed by atoms with E-state index >= 15 is 4.39 Å². The van der Waals surface area contributed by atoms with Crippen LogP contribution in [-0.2, 0) is 6.54 Å². The van der Waals surface area contributed by atoms with Gasteiger partial charge in [-0.05, 0) is 12.1 Å². The predicted octanol–water partition coefficient (Wildman–Crippen LogP) is 1.59. The van der Waals surface area contributed by atoms with E-state index in [2.05, 4.69) is 15.2 Å². The van der Waals surface area contributed by atoms with Gasteiger partial charge in [-0.15, -0.1) is 0 Å². The fourth-order valence-corrected chi connectivity index (χ4v) is 4.65. The lowest BCUT2D eigenvalue weighted by Crippen LogP contribution is -2.63. The van der Waals surface area contributed by atoms with Crippen LogP contribution in [0.2, 0.25) is 0 Å². The minimum Gasteiger partial charge on any atom is -0.477 e. The van der Waals surface area contributed by atoms with Crippen LogP contribution >= 0.6 is 0 Å². The minimum absolute atomic E-state index is 0.0341. The summed E-state index contributed by atoms with van der Waals surface area (Å²) < 4.78 is 44.7. The van der Waals surface area contributed by atoms with Crippen molar-refractivity contribution in [3.63, 3.8) is 0 Å². The Bertz CT molecular complexity index is 1320. The van der Waals surface area contributed by atoms with Gasteiger partial charge in [0.25, 0.3) is 0 Å². The van der Waals surface area contributed by atoms with Crippen LogP contribution in [0.25, 0.3) is 21.9 Å². The van der Waals surface area contributed by atoms with Gasteiger partial charge >= 0.3 is 5.97 Å². The van der Waals surface area contributed by atoms with Gasteiger partial charge < -0.3 is 19.9 Å². The molecule has 0 saturated carbocycles. The summed E-state index contributed by atoms with van der Waals surface area (Å²) in [6.07, 6.45) is 1.00. The summed E-state index contributed by atoms with van der Waals surface area (Å²) in [5.74, 6) is -3.11. The molecule has 0 radical (unpaired) electrons. The van der Waals surface area contributed by atoms with Gasteiger partial charge in [0.2, 0.25) is 5.43 Å². The summed E-state index contributed by atoms with van der Waals surface area (Å²) in [6.45, 7) is 3.42. The van der Waals surface area contributed by atoms with Crippen molar-refractivity contribution in [1.29, 1.82) is 0 Å². The van der Waals surface area contributed by atoms with Crippen LogP contribution < -0.4 is 15.6 Å². The monoisotopic (exact) mass is 461 g/mol. The van der Waals surface area contributed by atoms with Crippen molar-refractivity contribution in [2.75, 3.05) is 50.8 Å². The second kappa shape index (κ2) is 8.31. The molecule has 4 heterocycles. The number of aryl methyl sites for hydroxylation is 1. The molecule has 2 fully saturated rings. The molecule has 2 aliphatic rings. The number of fused-ring (bicyclic) bond motifs is 2. The third-order valence-electron chi connectivity index (χ3n) is 6.40. The molecule has 174 valence electrons. The van der Waals surface area contributed by atoms with Crippen molar-refractivity contribution >= 4 is 33.6 Å². The molecule has 11 heteroatoms. The third-order valence-corrected chi connectivity index (χ3v) is 6.40. The van der Waals surface area contributed by atoms with Gasteiger partial charge in [0.15, 0.2) is 5.82 Å². The fraction of sp³-hybridized carbons (Fsp3) is 0.409. The summed E-state index contributed by atoms with van der Waals surface area (Å²) >= 11 is 0. The van der Waals surface area contributed by atoms with Crippen LogP contribution in [0.4, 0.5) is 18.9 Å². The Hall–Kier alpha value is -3.18. The van der Waals surface area contributed by atoms with Crippen LogP contribution in [-0.4, -0.2) is 77.5 Å². The third kappa shape index (κ3) is 3.61. The van der Waals surface area contributed by atoms with E-state index < -0.39 is 35.3 Å². The van der Waals surface area contributed by atoms with E-state index in [1.807, 2.05) is 0 Å². The molecular weight excluding hydrogens is 439 g/mol. The SMILES string of the molecule is O=C(O)c1cn(CCF)c2nc3c(F)c(N4CC(N5CCNCC5)C4)c(F)cc3cc2c1=O. The minimum atomic E-state index is -1.47. The fourth-order valence-electron chi connectivity index (χ4n) is 4.65. The predicted molar refractivity (Wildman–Crippen MR) is 117 cm³/mol. The number of hydrogen-bond acceptors (Lipinski definition) is 6. The Balaban J connectivity index is 1.59. The number of anilines is 1. The van der Waals surface area contributed by atoms with Crippen molar-refractivity contribution in [3.8, 4) is 0 Å². The number of piperazine rings is 1. The second-order valence-corrected chi connectivity index (χ2v) is 8.36. The number of carboxylic acid groups (broad SMARTS) is 1. The molecule has 5 rings (SSSR count). The molecule has 2 aromatic heterocycles. The zero-order valence-electron chi connectivity index (χ0n) is 17.7. The highest BCUT2D eigenvalue weighted by Crippen LogP contribution is 2.34. The van der Waals surface area contributed by atoms with Crippen LogP contribution in [0.15, 0.2) is 23.1 Å². The summed E-state index contributed by atoms with van der Waals surface area (Å²) in [7, 11) is 0. The molecule has 3 aromatic rings. The lowest BCUT2D eigenvalue weighted by molar-refractivity contribution is 0.0694. The van der Waals surface area contributed by atoms with Crippen molar-refractivity contribution in [2.24, 2.45) is 0 Å². The van der Waals surface area contributed by atoms with Crippen molar-refractivity contribution in [2.45, 2.75) is 12.6 Å². The van der Waals surface area contributed by atoms with Crippen LogP contribution in [0.1, 0.15) is 10.4 Å². The van der Waals surface area contributed by atoms with Gasteiger partial charge in [-0.2, -0.15) is 0 Å². The Morgan fingerprint density at radius 3 is 2.61 bits per heavy atom. The largest absolute Gasteiger partial charge is 0.477 e. The lowest BCUT2D eigenvalue weighted by atomic mass is 10.0. The van der Waals surface area contributed by atoms with Gasteiger partial charge in [0.1, 0.15) is 34.9 Å². The number of aromatic nitrogens is 2. The summed E-state index contributed by atoms with van der Waals surface area (Å²) in [5, 5.41) is 12.5. The van der Waals surface area contributed by atoms with E-state index in [0.717, 1.165) is 38.4 Å². The second-order valence-electron chi connectivity index (χ2n) is 8.36. The van der Waals surface area contributed by atoms with Gasteiger partial charge in [-0.25, -0.2) is 22.9 Å². The first-order valence-corrected chi connectivity index (χ1v) is 10.7. The number of nitrogens with one attached hydrogen (secondary N) is 1. The maximum absolute atomic E-state index is 15.5. The normalized spacial score (nSPS) is 17.6. The summed E-state index contributed by atoms with van der Waals surface area (Å²) in [4.78, 5) is 32.2. The van der Waals surface area contributed by atoms with E-state index in [9.17, 15) is 23.5 Å². The maximum atomic E-state index is 15.5. The molecule has 0 unspecified atom stereocenters. The number of rotatable bonds is 5. The summed E-state index contributed by atoms with van der Waals surface area (Å²) in [6, 6.07) is 2.54. The molecule has 2 N–H and O–H groups in total. The first-order valence-electron chi connectivity index (χ1n) is 10.7. The number of aromatic carboxylic acids is 1. The van der Waals surface area contributed by atoms with Crippen molar-refractivity contribution in [3.05, 3.63) is 45.8 Å². The van der Waals surface area contributed by atoms with E-state index in [1.54, 1.807) is 4.90 Å². The molecule has 2 saturated heterocycles. The molecule has 0 amide bonds. The van der Waals surface area contributed by atoms with Gasteiger partial charge in [-0.3, -0.25) is 9.69 Å². The Morgan fingerprint density at radius 2 is 1.94 bits per heavy atom. The molecule has 33 heavy (non-hydrogen) atoms. The Morgan fingerprint density at radius 1 is 1.21 bits per heavy atom. The number of alkyl halides is 1. The number of pyridine rings is 2. The smallest absolute Gasteiger partial charge is 0.341 e. The Kier molecular flexibility index (Phi) is 5.45. The first-order chi connectivity index (χ1) is 15.9. The summed E-state index contributed by atoms with van der Waals surface area (Å²) in [5.41, 5.74) is -1.78. The highest BCUT2D eigenvalue weighted by atomic mass is 19.1. The standard InChI is InChI=1S/C22H22F3N5O3/c23-1-4-29-11-15(22(32)33)20(31)14-7-12-8-16(24)19(17(25)18(12)27-21(14)29)30-9-13(10-30)28-5-2-26-3-6-28/h7-8,11,13,26H,1-6,9-10H2,(H,32,33). The molecule has 8 nitrogen and oxygen atoms in total. The zero-order valence-corrected chi connectivity index (χ0v) is 17.7. The quantitative estimate of drug-likeness (QED) is 0.558. The van der Waals surface area contributed by atoms with Gasteiger partial charge in [0.05, 0.1) is 11.9 Å². The van der Waals surface area contributed by atoms with Crippen LogP contribution in [0.5, 0.6) is 0 Å². The van der Waals surface area contributed by atoms with Crippen LogP contribution in [0, 0.1) is 11.6 Å². The Labute approximate surface area is 186 Å². The topological polar surface area (TPSA) is 90.7 Å². The van der Waals surface area contributed by atoms with E-state index in [1.165, 1.54) is 10.6 Å². The van der Waals surface area contributed by atoms with E-state index in [0.29, 0.717) is 13.1 Å².